The smallest absolute Gasteiger partial charge is 0.329 e. The number of anilines is 2. The summed E-state index contributed by atoms with van der Waals surface area (Å²) in [7, 11) is 0. The van der Waals surface area contributed by atoms with Gasteiger partial charge in [-0.2, -0.15) is 4.98 Å². The first-order chi connectivity index (χ1) is 9.47. The van der Waals surface area contributed by atoms with Crippen LogP contribution in [0.5, 0.6) is 0 Å². The molecule has 1 heterocycles. The Hall–Kier alpha value is -2.70. The van der Waals surface area contributed by atoms with Gasteiger partial charge in [-0.1, -0.05) is 29.8 Å². The summed E-state index contributed by atoms with van der Waals surface area (Å²) >= 11 is 0. The molecule has 0 aliphatic carbocycles. The van der Waals surface area contributed by atoms with Gasteiger partial charge >= 0.3 is 5.69 Å². The van der Waals surface area contributed by atoms with Gasteiger partial charge in [0.2, 0.25) is 11.8 Å². The Labute approximate surface area is 116 Å². The van der Waals surface area contributed by atoms with E-state index in [2.05, 4.69) is 15.3 Å². The largest absolute Gasteiger partial charge is 0.368 e. The lowest BCUT2D eigenvalue weighted by Crippen LogP contribution is -2.11. The van der Waals surface area contributed by atoms with E-state index in [1.165, 1.54) is 0 Å². The van der Waals surface area contributed by atoms with E-state index >= 15 is 0 Å². The number of nitrogens with one attached hydrogen (secondary N) is 1. The van der Waals surface area contributed by atoms with Gasteiger partial charge in [0, 0.05) is 0 Å². The molecule has 0 radical (unpaired) electrons. The van der Waals surface area contributed by atoms with Crippen LogP contribution in [-0.4, -0.2) is 14.9 Å². The van der Waals surface area contributed by atoms with Crippen molar-refractivity contribution in [2.24, 2.45) is 0 Å². The molecule has 0 amide bonds. The molecular formula is C13H15N5O2. The molecular weight excluding hydrogens is 258 g/mol. The molecule has 2 aromatic rings. The van der Waals surface area contributed by atoms with Gasteiger partial charge in [0.1, 0.15) is 6.20 Å². The van der Waals surface area contributed by atoms with Gasteiger partial charge in [-0.3, -0.25) is 10.1 Å². The van der Waals surface area contributed by atoms with E-state index in [4.69, 9.17) is 5.73 Å². The van der Waals surface area contributed by atoms with E-state index in [1.54, 1.807) is 0 Å². The summed E-state index contributed by atoms with van der Waals surface area (Å²) in [6.07, 6.45) is 1.10. The molecule has 104 valence electrons. The summed E-state index contributed by atoms with van der Waals surface area (Å²) in [5.41, 5.74) is 7.43. The maximum atomic E-state index is 10.9. The van der Waals surface area contributed by atoms with Crippen LogP contribution in [0.15, 0.2) is 30.5 Å². The van der Waals surface area contributed by atoms with Gasteiger partial charge in [0.15, 0.2) is 0 Å². The highest BCUT2D eigenvalue weighted by molar-refractivity contribution is 5.57. The lowest BCUT2D eigenvalue weighted by Gasteiger charge is -2.15. The van der Waals surface area contributed by atoms with Crippen LogP contribution in [0.2, 0.25) is 0 Å². The van der Waals surface area contributed by atoms with E-state index in [-0.39, 0.29) is 23.5 Å². The first-order valence-corrected chi connectivity index (χ1v) is 6.07. The van der Waals surface area contributed by atoms with E-state index in [0.717, 1.165) is 17.3 Å². The summed E-state index contributed by atoms with van der Waals surface area (Å²) in [4.78, 5) is 17.9. The fraction of sp³-hybridized carbons (Fsp3) is 0.231. The summed E-state index contributed by atoms with van der Waals surface area (Å²) in [6.45, 7) is 3.89. The zero-order valence-corrected chi connectivity index (χ0v) is 11.2. The second kappa shape index (κ2) is 5.52. The van der Waals surface area contributed by atoms with Crippen LogP contribution in [0.25, 0.3) is 0 Å². The standard InChI is InChI=1S/C13H15N5O2/c1-8-3-5-10(6-4-8)9(2)16-12-11(18(19)20)7-15-13(14)17-12/h3-7,9H,1-2H3,(H3,14,15,16,17). The number of nitrogens with zero attached hydrogens (tertiary/aromatic N) is 3. The quantitative estimate of drug-likeness (QED) is 0.654. The van der Waals surface area contributed by atoms with Crippen molar-refractivity contribution in [3.63, 3.8) is 0 Å². The summed E-state index contributed by atoms with van der Waals surface area (Å²) in [6, 6.07) is 7.75. The average molecular weight is 273 g/mol. The number of hydrogen-bond acceptors (Lipinski definition) is 6. The summed E-state index contributed by atoms with van der Waals surface area (Å²) in [5, 5.41) is 13.9. The van der Waals surface area contributed by atoms with Crippen molar-refractivity contribution in [3.8, 4) is 0 Å². The van der Waals surface area contributed by atoms with E-state index in [1.807, 2.05) is 38.1 Å². The molecule has 7 nitrogen and oxygen atoms in total. The van der Waals surface area contributed by atoms with Gasteiger partial charge in [0.05, 0.1) is 11.0 Å². The normalized spacial score (nSPS) is 11.9. The van der Waals surface area contributed by atoms with Crippen molar-refractivity contribution < 1.29 is 4.92 Å². The molecule has 20 heavy (non-hydrogen) atoms. The van der Waals surface area contributed by atoms with Crippen molar-refractivity contribution in [2.45, 2.75) is 19.9 Å². The Morgan fingerprint density at radius 1 is 1.35 bits per heavy atom. The van der Waals surface area contributed by atoms with Crippen LogP contribution < -0.4 is 11.1 Å². The van der Waals surface area contributed by atoms with Gasteiger partial charge in [-0.05, 0) is 19.4 Å². The molecule has 0 saturated heterocycles. The fourth-order valence-electron chi connectivity index (χ4n) is 1.77. The minimum atomic E-state index is -0.538. The second-order valence-electron chi connectivity index (χ2n) is 4.50. The van der Waals surface area contributed by atoms with Crippen molar-refractivity contribution >= 4 is 17.5 Å². The number of rotatable bonds is 4. The van der Waals surface area contributed by atoms with Crippen molar-refractivity contribution in [2.75, 3.05) is 11.1 Å². The number of nitrogens with two attached hydrogens (primary N) is 1. The first-order valence-electron chi connectivity index (χ1n) is 6.07. The number of aromatic nitrogens is 2. The van der Waals surface area contributed by atoms with E-state index < -0.39 is 4.92 Å². The van der Waals surface area contributed by atoms with E-state index in [9.17, 15) is 10.1 Å². The fourth-order valence-corrected chi connectivity index (χ4v) is 1.77. The zero-order chi connectivity index (χ0) is 14.7. The van der Waals surface area contributed by atoms with Crippen LogP contribution in [-0.2, 0) is 0 Å². The van der Waals surface area contributed by atoms with Crippen molar-refractivity contribution in [1.29, 1.82) is 0 Å². The summed E-state index contributed by atoms with van der Waals surface area (Å²) in [5.74, 6) is 0.116. The predicted octanol–water partition coefficient (Wildman–Crippen LogP) is 2.45. The summed E-state index contributed by atoms with van der Waals surface area (Å²) < 4.78 is 0. The third-order valence-corrected chi connectivity index (χ3v) is 2.92. The Bertz CT molecular complexity index is 627. The molecule has 3 N–H and O–H groups in total. The molecule has 0 aliphatic heterocycles. The minimum absolute atomic E-state index is 0.00536. The average Bonchev–Trinajstić information content (AvgIpc) is 2.39. The molecule has 7 heteroatoms. The van der Waals surface area contributed by atoms with Crippen LogP contribution in [0.1, 0.15) is 24.1 Å². The Morgan fingerprint density at radius 3 is 2.60 bits per heavy atom. The molecule has 1 unspecified atom stereocenters. The minimum Gasteiger partial charge on any atom is -0.368 e. The van der Waals surface area contributed by atoms with Gasteiger partial charge in [-0.15, -0.1) is 0 Å². The number of nitrogen functional groups attached to an aromatic ring is 1. The highest BCUT2D eigenvalue weighted by Crippen LogP contribution is 2.26. The molecule has 1 aromatic carbocycles. The first kappa shape index (κ1) is 13.7. The Morgan fingerprint density at radius 2 is 2.00 bits per heavy atom. The molecule has 1 atom stereocenters. The monoisotopic (exact) mass is 273 g/mol. The van der Waals surface area contributed by atoms with Gasteiger partial charge < -0.3 is 11.1 Å². The molecule has 0 saturated carbocycles. The molecule has 0 spiro atoms. The van der Waals surface area contributed by atoms with Gasteiger partial charge in [-0.25, -0.2) is 4.98 Å². The number of hydrogen-bond donors (Lipinski definition) is 2. The van der Waals surface area contributed by atoms with Crippen molar-refractivity contribution in [3.05, 3.63) is 51.7 Å². The maximum absolute atomic E-state index is 10.9. The van der Waals surface area contributed by atoms with Crippen LogP contribution in [0.3, 0.4) is 0 Å². The lowest BCUT2D eigenvalue weighted by molar-refractivity contribution is -0.384. The third-order valence-electron chi connectivity index (χ3n) is 2.92. The van der Waals surface area contributed by atoms with Crippen LogP contribution >= 0.6 is 0 Å². The van der Waals surface area contributed by atoms with Crippen LogP contribution in [0, 0.1) is 17.0 Å². The molecule has 0 bridgehead atoms. The van der Waals surface area contributed by atoms with E-state index in [0.29, 0.717) is 0 Å². The lowest BCUT2D eigenvalue weighted by atomic mass is 10.1. The maximum Gasteiger partial charge on any atom is 0.329 e. The highest BCUT2D eigenvalue weighted by atomic mass is 16.6. The zero-order valence-electron chi connectivity index (χ0n) is 11.2. The Balaban J connectivity index is 2.27. The highest BCUT2D eigenvalue weighted by Gasteiger charge is 2.18. The number of nitro groups is 1. The second-order valence-corrected chi connectivity index (χ2v) is 4.50. The SMILES string of the molecule is Cc1ccc(C(C)Nc2nc(N)ncc2[N+](=O)[O-])cc1. The third kappa shape index (κ3) is 3.00. The molecule has 0 fully saturated rings. The number of aryl methyl sites for hydroxylation is 1. The molecule has 1 aromatic heterocycles. The molecule has 2 rings (SSSR count). The number of benzene rings is 1. The van der Waals surface area contributed by atoms with Gasteiger partial charge in [0.25, 0.3) is 0 Å². The molecule has 0 aliphatic rings. The van der Waals surface area contributed by atoms with Crippen LogP contribution in [0.4, 0.5) is 17.5 Å². The topological polar surface area (TPSA) is 107 Å². The Kier molecular flexibility index (Phi) is 3.79. The predicted molar refractivity (Wildman–Crippen MR) is 76.3 cm³/mol. The van der Waals surface area contributed by atoms with Crippen molar-refractivity contribution in [1.82, 2.24) is 9.97 Å².